The fraction of sp³-hybridized carbons (Fsp3) is 0.625. The second kappa shape index (κ2) is 7.14. The predicted octanol–water partition coefficient (Wildman–Crippen LogP) is 3.24. The fourth-order valence-electron chi connectivity index (χ4n) is 2.83. The molecule has 1 unspecified atom stereocenters. The van der Waals surface area contributed by atoms with Crippen molar-refractivity contribution in [1.29, 1.82) is 0 Å². The number of hydrogen-bond acceptors (Lipinski definition) is 2. The molecule has 1 atom stereocenters. The maximum absolute atomic E-state index is 14.3. The summed E-state index contributed by atoms with van der Waals surface area (Å²) in [6, 6.07) is 8.51. The minimum atomic E-state index is -2.78. The van der Waals surface area contributed by atoms with Gasteiger partial charge in [-0.15, -0.1) is 0 Å². The molecule has 0 spiro atoms. The topological polar surface area (TPSA) is 15.3 Å². The molecular formula is C16H24F2N2. The summed E-state index contributed by atoms with van der Waals surface area (Å²) in [7, 11) is 0. The summed E-state index contributed by atoms with van der Waals surface area (Å²) in [4.78, 5) is 1.90. The Labute approximate surface area is 120 Å². The molecule has 0 bridgehead atoms. The van der Waals surface area contributed by atoms with Crippen molar-refractivity contribution >= 4 is 0 Å². The Morgan fingerprint density at radius 3 is 2.65 bits per heavy atom. The summed E-state index contributed by atoms with van der Waals surface area (Å²) in [6.45, 7) is 4.30. The Bertz CT molecular complexity index is 389. The smallest absolute Gasteiger partial charge is 0.285 e. The van der Waals surface area contributed by atoms with Gasteiger partial charge in [-0.05, 0) is 32.4 Å². The molecule has 1 aliphatic heterocycles. The van der Waals surface area contributed by atoms with Gasteiger partial charge >= 0.3 is 0 Å². The van der Waals surface area contributed by atoms with Gasteiger partial charge in [0.1, 0.15) is 0 Å². The molecule has 0 aliphatic carbocycles. The van der Waals surface area contributed by atoms with E-state index in [0.717, 1.165) is 38.9 Å². The molecule has 1 N–H and O–H groups in total. The van der Waals surface area contributed by atoms with E-state index in [1.54, 1.807) is 18.2 Å². The van der Waals surface area contributed by atoms with Crippen LogP contribution in [0.4, 0.5) is 8.78 Å². The summed E-state index contributed by atoms with van der Waals surface area (Å²) >= 11 is 0. The van der Waals surface area contributed by atoms with Crippen molar-refractivity contribution < 1.29 is 8.78 Å². The van der Waals surface area contributed by atoms with E-state index in [0.29, 0.717) is 6.04 Å². The standard InChI is InChI=1S/C16H24F2N2/c1-2-11-20(12-15-9-6-10-19-15)13-16(17,18)14-7-4-3-5-8-14/h3-5,7-8,15,19H,2,6,9-13H2,1H3. The Morgan fingerprint density at radius 1 is 1.30 bits per heavy atom. The third-order valence-electron chi connectivity index (χ3n) is 3.80. The summed E-state index contributed by atoms with van der Waals surface area (Å²) in [5.41, 5.74) is 0.112. The van der Waals surface area contributed by atoms with Gasteiger partial charge < -0.3 is 5.32 Å². The molecule has 1 aromatic rings. The van der Waals surface area contributed by atoms with E-state index >= 15 is 0 Å². The van der Waals surface area contributed by atoms with Gasteiger partial charge in [-0.2, -0.15) is 8.78 Å². The van der Waals surface area contributed by atoms with Gasteiger partial charge in [0.05, 0.1) is 6.54 Å². The zero-order valence-electron chi connectivity index (χ0n) is 12.1. The monoisotopic (exact) mass is 282 g/mol. The van der Waals surface area contributed by atoms with Gasteiger partial charge in [-0.25, -0.2) is 0 Å². The third-order valence-corrected chi connectivity index (χ3v) is 3.80. The highest BCUT2D eigenvalue weighted by atomic mass is 19.3. The lowest BCUT2D eigenvalue weighted by Gasteiger charge is -2.29. The normalized spacial score (nSPS) is 19.7. The fourth-order valence-corrected chi connectivity index (χ4v) is 2.83. The highest BCUT2D eigenvalue weighted by molar-refractivity contribution is 5.20. The van der Waals surface area contributed by atoms with Crippen LogP contribution < -0.4 is 5.32 Å². The number of nitrogens with one attached hydrogen (secondary N) is 1. The molecule has 0 saturated carbocycles. The maximum atomic E-state index is 14.3. The zero-order valence-corrected chi connectivity index (χ0v) is 12.1. The average molecular weight is 282 g/mol. The molecular weight excluding hydrogens is 258 g/mol. The molecule has 1 aromatic carbocycles. The van der Waals surface area contributed by atoms with Gasteiger partial charge in [-0.1, -0.05) is 37.3 Å². The number of benzene rings is 1. The number of halogens is 2. The van der Waals surface area contributed by atoms with Crippen LogP contribution in [0, 0.1) is 0 Å². The Morgan fingerprint density at radius 2 is 2.05 bits per heavy atom. The van der Waals surface area contributed by atoms with Crippen molar-refractivity contribution in [2.75, 3.05) is 26.2 Å². The Balaban J connectivity index is 1.98. The van der Waals surface area contributed by atoms with Crippen LogP contribution >= 0.6 is 0 Å². The molecule has 2 nitrogen and oxygen atoms in total. The first-order valence-electron chi connectivity index (χ1n) is 7.51. The van der Waals surface area contributed by atoms with Crippen molar-refractivity contribution in [1.82, 2.24) is 10.2 Å². The molecule has 4 heteroatoms. The summed E-state index contributed by atoms with van der Waals surface area (Å²) < 4.78 is 28.7. The lowest BCUT2D eigenvalue weighted by molar-refractivity contribution is -0.0393. The molecule has 20 heavy (non-hydrogen) atoms. The van der Waals surface area contributed by atoms with Crippen molar-refractivity contribution in [2.45, 2.75) is 38.2 Å². The molecule has 2 rings (SSSR count). The number of nitrogens with zero attached hydrogens (tertiary/aromatic N) is 1. The molecule has 1 saturated heterocycles. The molecule has 1 fully saturated rings. The number of rotatable bonds is 7. The SMILES string of the molecule is CCCN(CC1CCCN1)CC(F)(F)c1ccccc1. The van der Waals surface area contributed by atoms with E-state index in [-0.39, 0.29) is 12.1 Å². The lowest BCUT2D eigenvalue weighted by Crippen LogP contribution is -2.43. The van der Waals surface area contributed by atoms with Crippen LogP contribution in [-0.2, 0) is 5.92 Å². The number of hydrogen-bond donors (Lipinski definition) is 1. The maximum Gasteiger partial charge on any atom is 0.285 e. The Kier molecular flexibility index (Phi) is 5.49. The first-order chi connectivity index (χ1) is 9.62. The van der Waals surface area contributed by atoms with E-state index in [1.165, 1.54) is 12.1 Å². The molecule has 1 heterocycles. The molecule has 0 radical (unpaired) electrons. The lowest BCUT2D eigenvalue weighted by atomic mass is 10.1. The predicted molar refractivity (Wildman–Crippen MR) is 78.1 cm³/mol. The average Bonchev–Trinajstić information content (AvgIpc) is 2.92. The third kappa shape index (κ3) is 4.25. The minimum Gasteiger partial charge on any atom is -0.313 e. The van der Waals surface area contributed by atoms with Crippen molar-refractivity contribution in [2.24, 2.45) is 0 Å². The second-order valence-electron chi connectivity index (χ2n) is 5.60. The van der Waals surface area contributed by atoms with Crippen molar-refractivity contribution in [3.05, 3.63) is 35.9 Å². The van der Waals surface area contributed by atoms with Gasteiger partial charge in [-0.3, -0.25) is 4.90 Å². The quantitative estimate of drug-likeness (QED) is 0.826. The van der Waals surface area contributed by atoms with Gasteiger partial charge in [0.2, 0.25) is 0 Å². The highest BCUT2D eigenvalue weighted by Gasteiger charge is 2.34. The summed E-state index contributed by atoms with van der Waals surface area (Å²) in [6.07, 6.45) is 3.15. The van der Waals surface area contributed by atoms with E-state index in [1.807, 2.05) is 11.8 Å². The van der Waals surface area contributed by atoms with Crippen LogP contribution in [0.5, 0.6) is 0 Å². The van der Waals surface area contributed by atoms with Gasteiger partial charge in [0.25, 0.3) is 5.92 Å². The van der Waals surface area contributed by atoms with Gasteiger partial charge in [0.15, 0.2) is 0 Å². The van der Waals surface area contributed by atoms with Crippen LogP contribution in [0.1, 0.15) is 31.7 Å². The molecule has 1 aliphatic rings. The van der Waals surface area contributed by atoms with Crippen LogP contribution in [0.3, 0.4) is 0 Å². The van der Waals surface area contributed by atoms with Crippen LogP contribution in [-0.4, -0.2) is 37.1 Å². The van der Waals surface area contributed by atoms with Crippen molar-refractivity contribution in [3.63, 3.8) is 0 Å². The van der Waals surface area contributed by atoms with E-state index < -0.39 is 5.92 Å². The van der Waals surface area contributed by atoms with Gasteiger partial charge in [0, 0.05) is 18.2 Å². The first kappa shape index (κ1) is 15.4. The molecule has 0 amide bonds. The van der Waals surface area contributed by atoms with Crippen LogP contribution in [0.2, 0.25) is 0 Å². The zero-order chi connectivity index (χ0) is 14.4. The Hall–Kier alpha value is -1.00. The minimum absolute atomic E-state index is 0.112. The van der Waals surface area contributed by atoms with Crippen molar-refractivity contribution in [3.8, 4) is 0 Å². The molecule has 112 valence electrons. The van der Waals surface area contributed by atoms with E-state index in [4.69, 9.17) is 0 Å². The molecule has 0 aromatic heterocycles. The van der Waals surface area contributed by atoms with Crippen LogP contribution in [0.25, 0.3) is 0 Å². The summed E-state index contributed by atoms with van der Waals surface area (Å²) in [5, 5.41) is 3.38. The largest absolute Gasteiger partial charge is 0.313 e. The van der Waals surface area contributed by atoms with E-state index in [9.17, 15) is 8.78 Å². The first-order valence-corrected chi connectivity index (χ1v) is 7.51. The highest BCUT2D eigenvalue weighted by Crippen LogP contribution is 2.29. The van der Waals surface area contributed by atoms with Crippen LogP contribution in [0.15, 0.2) is 30.3 Å². The number of alkyl halides is 2. The summed E-state index contributed by atoms with van der Waals surface area (Å²) in [5.74, 6) is -2.78. The second-order valence-corrected chi connectivity index (χ2v) is 5.60. The van der Waals surface area contributed by atoms with E-state index in [2.05, 4.69) is 5.32 Å².